The second-order valence-corrected chi connectivity index (χ2v) is 8.01. The van der Waals surface area contributed by atoms with Gasteiger partial charge in [0.1, 0.15) is 0 Å². The largest absolute Gasteiger partial charge is 0.381 e. The highest BCUT2D eigenvalue weighted by molar-refractivity contribution is 7.89. The smallest absolute Gasteiger partial charge is 0.222 e. The fourth-order valence-electron chi connectivity index (χ4n) is 3.11. The molecule has 0 bridgehead atoms. The fourth-order valence-corrected chi connectivity index (χ4v) is 4.82. The number of sulfonamides is 1. The molecule has 0 aromatic carbocycles. The summed E-state index contributed by atoms with van der Waals surface area (Å²) in [4.78, 5) is 13.9. The molecule has 2 rings (SSSR count). The van der Waals surface area contributed by atoms with Crippen LogP contribution in [0.5, 0.6) is 0 Å². The minimum absolute atomic E-state index is 0.0246. The minimum Gasteiger partial charge on any atom is -0.381 e. The van der Waals surface area contributed by atoms with E-state index in [2.05, 4.69) is 0 Å². The number of amides is 1. The number of methoxy groups -OCH3 is 1. The maximum Gasteiger partial charge on any atom is 0.222 e. The summed E-state index contributed by atoms with van der Waals surface area (Å²) in [5.74, 6) is 0.257. The number of carbonyl (C=O) groups is 1. The Balaban J connectivity index is 1.89. The van der Waals surface area contributed by atoms with Gasteiger partial charge in [-0.3, -0.25) is 4.79 Å². The monoisotopic (exact) mass is 318 g/mol. The van der Waals surface area contributed by atoms with Gasteiger partial charge in [-0.05, 0) is 32.6 Å². The van der Waals surface area contributed by atoms with Crippen LogP contribution in [0.1, 0.15) is 39.0 Å². The molecule has 0 aromatic heterocycles. The molecule has 0 aromatic rings. The first-order valence-electron chi connectivity index (χ1n) is 7.74. The predicted molar refractivity (Wildman–Crippen MR) is 80.4 cm³/mol. The Kier molecular flexibility index (Phi) is 5.62. The van der Waals surface area contributed by atoms with Crippen molar-refractivity contribution in [3.05, 3.63) is 0 Å². The molecule has 0 spiro atoms. The molecule has 21 heavy (non-hydrogen) atoms. The molecule has 7 heteroatoms. The summed E-state index contributed by atoms with van der Waals surface area (Å²) in [6.45, 7) is 3.61. The van der Waals surface area contributed by atoms with Crippen molar-refractivity contribution >= 4 is 15.9 Å². The van der Waals surface area contributed by atoms with E-state index < -0.39 is 10.0 Å². The highest BCUT2D eigenvalue weighted by Gasteiger charge is 2.33. The van der Waals surface area contributed by atoms with Gasteiger partial charge < -0.3 is 9.64 Å². The zero-order valence-electron chi connectivity index (χ0n) is 13.0. The molecule has 1 atom stereocenters. The summed E-state index contributed by atoms with van der Waals surface area (Å²) in [7, 11) is -1.74. The molecule has 0 N–H and O–H groups in total. The van der Waals surface area contributed by atoms with Crippen LogP contribution in [0.2, 0.25) is 0 Å². The third-order valence-electron chi connectivity index (χ3n) is 4.47. The molecular weight excluding hydrogens is 292 g/mol. The average Bonchev–Trinajstić information content (AvgIpc) is 2.47. The van der Waals surface area contributed by atoms with Crippen molar-refractivity contribution in [2.45, 2.75) is 51.2 Å². The second kappa shape index (κ2) is 7.07. The molecule has 2 fully saturated rings. The molecule has 0 radical (unpaired) electrons. The Labute approximate surface area is 127 Å². The Morgan fingerprint density at radius 2 is 1.90 bits per heavy atom. The van der Waals surface area contributed by atoms with Crippen molar-refractivity contribution in [2.24, 2.45) is 0 Å². The van der Waals surface area contributed by atoms with E-state index in [1.54, 1.807) is 11.2 Å². The van der Waals surface area contributed by atoms with E-state index in [4.69, 9.17) is 4.74 Å². The Morgan fingerprint density at radius 3 is 2.48 bits per heavy atom. The first kappa shape index (κ1) is 16.7. The third kappa shape index (κ3) is 4.17. The lowest BCUT2D eigenvalue weighted by Crippen LogP contribution is -2.50. The minimum atomic E-state index is -3.26. The Morgan fingerprint density at radius 1 is 1.24 bits per heavy atom. The van der Waals surface area contributed by atoms with Crippen LogP contribution in [-0.2, 0) is 19.6 Å². The first-order chi connectivity index (χ1) is 9.94. The quantitative estimate of drug-likeness (QED) is 0.753. The third-order valence-corrected chi connectivity index (χ3v) is 6.51. The number of piperidine rings is 2. The van der Waals surface area contributed by atoms with E-state index in [9.17, 15) is 13.2 Å². The molecule has 1 amide bonds. The van der Waals surface area contributed by atoms with Crippen molar-refractivity contribution in [1.29, 1.82) is 0 Å². The van der Waals surface area contributed by atoms with Crippen molar-refractivity contribution in [3.63, 3.8) is 0 Å². The van der Waals surface area contributed by atoms with Crippen LogP contribution in [-0.4, -0.2) is 68.2 Å². The normalized spacial score (nSPS) is 24.3. The average molecular weight is 318 g/mol. The van der Waals surface area contributed by atoms with Gasteiger partial charge in [0.25, 0.3) is 0 Å². The molecule has 0 saturated carbocycles. The topological polar surface area (TPSA) is 66.9 Å². The number of likely N-dealkylation sites (tertiary alicyclic amines) is 1. The molecule has 2 heterocycles. The van der Waals surface area contributed by atoms with Gasteiger partial charge >= 0.3 is 0 Å². The van der Waals surface area contributed by atoms with Crippen molar-refractivity contribution in [2.75, 3.05) is 32.5 Å². The summed E-state index contributed by atoms with van der Waals surface area (Å²) < 4.78 is 31.1. The van der Waals surface area contributed by atoms with Crippen molar-refractivity contribution < 1.29 is 17.9 Å². The van der Waals surface area contributed by atoms with E-state index in [0.717, 1.165) is 32.2 Å². The maximum atomic E-state index is 12.3. The van der Waals surface area contributed by atoms with Gasteiger partial charge in [-0.1, -0.05) is 0 Å². The van der Waals surface area contributed by atoms with Crippen LogP contribution in [0.3, 0.4) is 0 Å². The van der Waals surface area contributed by atoms with Gasteiger partial charge in [-0.25, -0.2) is 12.7 Å². The Hall–Kier alpha value is -0.660. The van der Waals surface area contributed by atoms with E-state index in [0.29, 0.717) is 19.5 Å². The van der Waals surface area contributed by atoms with Crippen LogP contribution in [0.15, 0.2) is 0 Å². The van der Waals surface area contributed by atoms with Crippen molar-refractivity contribution in [3.8, 4) is 0 Å². The molecule has 0 aliphatic carbocycles. The van der Waals surface area contributed by atoms with Crippen LogP contribution in [0, 0.1) is 0 Å². The molecule has 122 valence electrons. The number of carbonyl (C=O) groups excluding carboxylic acids is 1. The molecule has 2 saturated heterocycles. The van der Waals surface area contributed by atoms with Gasteiger partial charge in [-0.15, -0.1) is 0 Å². The van der Waals surface area contributed by atoms with Gasteiger partial charge in [0.05, 0.1) is 11.9 Å². The summed E-state index contributed by atoms with van der Waals surface area (Å²) in [5.41, 5.74) is 0. The highest BCUT2D eigenvalue weighted by Crippen LogP contribution is 2.23. The number of hydrogen-bond acceptors (Lipinski definition) is 4. The van der Waals surface area contributed by atoms with E-state index in [1.807, 2.05) is 4.90 Å². The Bertz CT molecular complexity index is 458. The van der Waals surface area contributed by atoms with Crippen LogP contribution in [0.4, 0.5) is 0 Å². The van der Waals surface area contributed by atoms with Crippen LogP contribution < -0.4 is 0 Å². The van der Waals surface area contributed by atoms with E-state index in [-0.39, 0.29) is 23.8 Å². The zero-order valence-corrected chi connectivity index (χ0v) is 13.8. The van der Waals surface area contributed by atoms with E-state index >= 15 is 0 Å². The molecule has 6 nitrogen and oxygen atoms in total. The van der Waals surface area contributed by atoms with Crippen LogP contribution in [0.25, 0.3) is 0 Å². The van der Waals surface area contributed by atoms with Gasteiger partial charge in [0, 0.05) is 39.2 Å². The molecule has 2 aliphatic rings. The number of ether oxygens (including phenoxy) is 1. The standard InChI is InChI=1S/C14H26N2O4S/c1-12(20-2)11-21(18,19)15-9-6-13(7-10-15)16-8-4-3-5-14(16)17/h12-13H,3-11H2,1-2H3/t12-/m0/s1. The number of nitrogens with zero attached hydrogens (tertiary/aromatic N) is 2. The number of rotatable bonds is 5. The van der Waals surface area contributed by atoms with Gasteiger partial charge in [-0.2, -0.15) is 0 Å². The predicted octanol–water partition coefficient (Wildman–Crippen LogP) is 0.828. The highest BCUT2D eigenvalue weighted by atomic mass is 32.2. The summed E-state index contributed by atoms with van der Waals surface area (Å²) in [6.07, 6.45) is 3.88. The fraction of sp³-hybridized carbons (Fsp3) is 0.929. The summed E-state index contributed by atoms with van der Waals surface area (Å²) in [5, 5.41) is 0. The van der Waals surface area contributed by atoms with E-state index in [1.165, 1.54) is 7.11 Å². The maximum absolute atomic E-state index is 12.3. The lowest BCUT2D eigenvalue weighted by atomic mass is 10.0. The number of hydrogen-bond donors (Lipinski definition) is 0. The SMILES string of the molecule is CO[C@@H](C)CS(=O)(=O)N1CCC(N2CCCCC2=O)CC1. The van der Waals surface area contributed by atoms with Gasteiger partial charge in [0.15, 0.2) is 0 Å². The second-order valence-electron chi connectivity index (χ2n) is 6.00. The van der Waals surface area contributed by atoms with Gasteiger partial charge in [0.2, 0.25) is 15.9 Å². The molecule has 2 aliphatic heterocycles. The lowest BCUT2D eigenvalue weighted by molar-refractivity contribution is -0.136. The summed E-state index contributed by atoms with van der Waals surface area (Å²) in [6, 6.07) is 0.212. The lowest BCUT2D eigenvalue weighted by Gasteiger charge is -2.39. The molecule has 0 unspecified atom stereocenters. The summed E-state index contributed by atoms with van der Waals surface area (Å²) >= 11 is 0. The first-order valence-corrected chi connectivity index (χ1v) is 9.35. The zero-order chi connectivity index (χ0) is 15.5. The molecular formula is C14H26N2O4S. The van der Waals surface area contributed by atoms with Crippen molar-refractivity contribution in [1.82, 2.24) is 9.21 Å². The van der Waals surface area contributed by atoms with Crippen LogP contribution >= 0.6 is 0 Å².